The maximum absolute atomic E-state index is 9.01. The van der Waals surface area contributed by atoms with Gasteiger partial charge in [-0.15, -0.1) is 0 Å². The smallest absolute Gasteiger partial charge is 0.102 e. The number of nitrogens with zero attached hydrogens (tertiary/aromatic N) is 1. The van der Waals surface area contributed by atoms with Crippen LogP contribution in [0.15, 0.2) is 43.1 Å². The van der Waals surface area contributed by atoms with Crippen molar-refractivity contribution < 1.29 is 0 Å². The summed E-state index contributed by atoms with van der Waals surface area (Å²) in [6.07, 6.45) is 1.14. The maximum Gasteiger partial charge on any atom is 0.102 e. The number of hydrogen-bond acceptors (Lipinski definition) is 3. The van der Waals surface area contributed by atoms with Gasteiger partial charge in [0.15, 0.2) is 0 Å². The maximum atomic E-state index is 9.01. The van der Waals surface area contributed by atoms with Crippen LogP contribution in [-0.4, -0.2) is 0 Å². The summed E-state index contributed by atoms with van der Waals surface area (Å²) in [6.45, 7) is 9.25. The van der Waals surface area contributed by atoms with Crippen molar-refractivity contribution in [3.8, 4) is 6.07 Å². The number of nitriles is 1. The Labute approximate surface area is 95.9 Å². The third kappa shape index (κ3) is 2.50. The molecule has 16 heavy (non-hydrogen) atoms. The molecule has 0 radical (unpaired) electrons. The van der Waals surface area contributed by atoms with Crippen LogP contribution in [0.2, 0.25) is 0 Å². The first-order chi connectivity index (χ1) is 7.60. The van der Waals surface area contributed by atoms with Crippen LogP contribution in [0.4, 0.5) is 0 Å². The number of allylic oxidation sites excluding steroid dienone is 1. The van der Waals surface area contributed by atoms with E-state index in [-0.39, 0.29) is 0 Å². The molecule has 1 atom stereocenters. The molecule has 0 bridgehead atoms. The van der Waals surface area contributed by atoms with Crippen molar-refractivity contribution >= 4 is 0 Å². The zero-order valence-electron chi connectivity index (χ0n) is 9.33. The van der Waals surface area contributed by atoms with E-state index in [1.807, 2.05) is 19.1 Å². The fraction of sp³-hybridized carbons (Fsp3) is 0.154. The first-order valence-corrected chi connectivity index (χ1v) is 4.93. The van der Waals surface area contributed by atoms with Gasteiger partial charge in [0.1, 0.15) is 6.17 Å². The third-order valence-electron chi connectivity index (χ3n) is 2.34. The van der Waals surface area contributed by atoms with Crippen LogP contribution in [0.25, 0.3) is 0 Å². The average Bonchev–Trinajstić information content (AvgIpc) is 2.28. The Kier molecular flexibility index (Phi) is 3.87. The molecule has 0 saturated heterocycles. The molecule has 0 saturated carbocycles. The molecule has 1 rings (SSSR count). The van der Waals surface area contributed by atoms with Crippen LogP contribution >= 0.6 is 0 Å². The zero-order valence-corrected chi connectivity index (χ0v) is 9.33. The van der Waals surface area contributed by atoms with Crippen molar-refractivity contribution in [2.45, 2.75) is 13.1 Å². The van der Waals surface area contributed by atoms with Crippen molar-refractivity contribution in [2.24, 2.45) is 5.73 Å². The van der Waals surface area contributed by atoms with E-state index in [1.165, 1.54) is 0 Å². The number of benzene rings is 1. The molecule has 0 heterocycles. The Morgan fingerprint density at radius 1 is 1.62 bits per heavy atom. The summed E-state index contributed by atoms with van der Waals surface area (Å²) in [5.74, 6) is 0. The van der Waals surface area contributed by atoms with E-state index in [1.54, 1.807) is 12.1 Å². The van der Waals surface area contributed by atoms with E-state index < -0.39 is 6.17 Å². The molecule has 1 aromatic carbocycles. The summed E-state index contributed by atoms with van der Waals surface area (Å²) in [5.41, 5.74) is 8.98. The number of aryl methyl sites for hydroxylation is 1. The van der Waals surface area contributed by atoms with Crippen molar-refractivity contribution in [1.82, 2.24) is 5.32 Å². The topological polar surface area (TPSA) is 61.8 Å². The second-order valence-electron chi connectivity index (χ2n) is 3.50. The second-order valence-corrected chi connectivity index (χ2v) is 3.50. The highest BCUT2D eigenvalue weighted by molar-refractivity contribution is 5.44. The molecule has 0 aliphatic heterocycles. The molecule has 0 amide bonds. The summed E-state index contributed by atoms with van der Waals surface area (Å²) in [6, 6.07) is 7.65. The quantitative estimate of drug-likeness (QED) is 0.595. The van der Waals surface area contributed by atoms with Crippen LogP contribution < -0.4 is 11.1 Å². The Balaban J connectivity index is 3.07. The molecule has 1 unspecified atom stereocenters. The second kappa shape index (κ2) is 5.15. The molecule has 82 valence electrons. The lowest BCUT2D eigenvalue weighted by molar-refractivity contribution is 0.631. The summed E-state index contributed by atoms with van der Waals surface area (Å²) in [7, 11) is 0. The predicted octanol–water partition coefficient (Wildman–Crippen LogP) is 2.11. The van der Waals surface area contributed by atoms with E-state index in [9.17, 15) is 0 Å². The van der Waals surface area contributed by atoms with Gasteiger partial charge in [-0.2, -0.15) is 5.26 Å². The third-order valence-corrected chi connectivity index (χ3v) is 2.34. The van der Waals surface area contributed by atoms with Crippen molar-refractivity contribution in [3.63, 3.8) is 0 Å². The highest BCUT2D eigenvalue weighted by Crippen LogP contribution is 2.19. The molecule has 3 heteroatoms. The van der Waals surface area contributed by atoms with Gasteiger partial charge in [-0.25, -0.2) is 0 Å². The minimum absolute atomic E-state index is 0.443. The van der Waals surface area contributed by atoms with Gasteiger partial charge >= 0.3 is 0 Å². The molecule has 0 aromatic heterocycles. The molecular formula is C13H15N3. The minimum Gasteiger partial charge on any atom is -0.367 e. The van der Waals surface area contributed by atoms with Crippen LogP contribution in [0, 0.1) is 18.3 Å². The van der Waals surface area contributed by atoms with Crippen molar-refractivity contribution in [1.29, 1.82) is 5.26 Å². The monoisotopic (exact) mass is 213 g/mol. The van der Waals surface area contributed by atoms with Gasteiger partial charge < -0.3 is 11.1 Å². The molecule has 0 fully saturated rings. The molecule has 3 nitrogen and oxygen atoms in total. The normalized spacial score (nSPS) is 11.3. The SMILES string of the molecule is C=CC(=C)NC(N)c1c(C)cccc1C#N. The predicted molar refractivity (Wildman–Crippen MR) is 65.3 cm³/mol. The first-order valence-electron chi connectivity index (χ1n) is 4.93. The van der Waals surface area contributed by atoms with Crippen LogP contribution in [0.5, 0.6) is 0 Å². The molecule has 0 aliphatic rings. The van der Waals surface area contributed by atoms with Crippen LogP contribution in [-0.2, 0) is 0 Å². The summed E-state index contributed by atoms with van der Waals surface area (Å²) >= 11 is 0. The summed E-state index contributed by atoms with van der Waals surface area (Å²) in [5, 5.41) is 12.0. The van der Waals surface area contributed by atoms with Gasteiger partial charge in [0.2, 0.25) is 0 Å². The molecule has 3 N–H and O–H groups in total. The number of nitrogens with one attached hydrogen (secondary N) is 1. The molecule has 0 spiro atoms. The van der Waals surface area contributed by atoms with E-state index in [0.717, 1.165) is 11.1 Å². The van der Waals surface area contributed by atoms with Crippen molar-refractivity contribution in [2.75, 3.05) is 0 Å². The van der Waals surface area contributed by atoms with Gasteiger partial charge in [0, 0.05) is 11.3 Å². The Morgan fingerprint density at radius 3 is 2.88 bits per heavy atom. The Hall–Kier alpha value is -2.05. The lowest BCUT2D eigenvalue weighted by Crippen LogP contribution is -2.28. The van der Waals surface area contributed by atoms with E-state index >= 15 is 0 Å². The van der Waals surface area contributed by atoms with Gasteiger partial charge in [0.05, 0.1) is 11.6 Å². The standard InChI is InChI=1S/C13H15N3/c1-4-10(3)16-13(15)12-9(2)6-5-7-11(12)8-14/h4-7,13,16H,1,3,15H2,2H3. The number of nitrogens with two attached hydrogens (primary N) is 1. The van der Waals surface area contributed by atoms with Gasteiger partial charge in [0.25, 0.3) is 0 Å². The minimum atomic E-state index is -0.443. The lowest BCUT2D eigenvalue weighted by Gasteiger charge is -2.18. The molecule has 1 aromatic rings. The van der Waals surface area contributed by atoms with E-state index in [0.29, 0.717) is 11.3 Å². The highest BCUT2D eigenvalue weighted by atomic mass is 15.0. The summed E-state index contributed by atoms with van der Waals surface area (Å²) < 4.78 is 0. The molecule has 0 aliphatic carbocycles. The fourth-order valence-corrected chi connectivity index (χ4v) is 1.52. The lowest BCUT2D eigenvalue weighted by atomic mass is 10.0. The largest absolute Gasteiger partial charge is 0.367 e. The Bertz CT molecular complexity index is 455. The van der Waals surface area contributed by atoms with Gasteiger partial charge in [-0.05, 0) is 24.6 Å². The highest BCUT2D eigenvalue weighted by Gasteiger charge is 2.12. The van der Waals surface area contributed by atoms with Crippen LogP contribution in [0.1, 0.15) is 22.9 Å². The van der Waals surface area contributed by atoms with E-state index in [4.69, 9.17) is 11.0 Å². The van der Waals surface area contributed by atoms with Crippen molar-refractivity contribution in [3.05, 3.63) is 59.8 Å². The average molecular weight is 213 g/mol. The first kappa shape index (κ1) is 12.0. The van der Waals surface area contributed by atoms with Gasteiger partial charge in [-0.1, -0.05) is 25.3 Å². The Morgan fingerprint density at radius 2 is 2.31 bits per heavy atom. The van der Waals surface area contributed by atoms with Gasteiger partial charge in [-0.3, -0.25) is 0 Å². The number of rotatable bonds is 4. The zero-order chi connectivity index (χ0) is 12.1. The van der Waals surface area contributed by atoms with E-state index in [2.05, 4.69) is 24.5 Å². The number of hydrogen-bond donors (Lipinski definition) is 2. The molecular weight excluding hydrogens is 198 g/mol. The summed E-state index contributed by atoms with van der Waals surface area (Å²) in [4.78, 5) is 0. The van der Waals surface area contributed by atoms with Crippen LogP contribution in [0.3, 0.4) is 0 Å². The fourth-order valence-electron chi connectivity index (χ4n) is 1.52.